The molecule has 3 rings (SSSR count). The maximum absolute atomic E-state index is 12.1. The summed E-state index contributed by atoms with van der Waals surface area (Å²) in [5, 5.41) is 6.93. The predicted molar refractivity (Wildman–Crippen MR) is 92.6 cm³/mol. The van der Waals surface area contributed by atoms with E-state index in [9.17, 15) is 9.59 Å². The molecule has 0 aliphatic rings. The summed E-state index contributed by atoms with van der Waals surface area (Å²) < 4.78 is 0. The number of nitrogens with one attached hydrogen (secondary N) is 3. The Morgan fingerprint density at radius 1 is 1.04 bits per heavy atom. The molecule has 116 valence electrons. The van der Waals surface area contributed by atoms with Gasteiger partial charge in [0.05, 0.1) is 0 Å². The Balaban J connectivity index is 1.74. The first-order valence-electron chi connectivity index (χ1n) is 7.34. The summed E-state index contributed by atoms with van der Waals surface area (Å²) in [6, 6.07) is 16.9. The van der Waals surface area contributed by atoms with E-state index >= 15 is 0 Å². The van der Waals surface area contributed by atoms with Crippen molar-refractivity contribution in [2.45, 2.75) is 13.5 Å². The fraction of sp³-hybridized carbons (Fsp3) is 0.111. The molecule has 5 nitrogen and oxygen atoms in total. The van der Waals surface area contributed by atoms with Crippen LogP contribution in [0.15, 0.2) is 59.4 Å². The number of rotatable bonds is 4. The molecule has 0 unspecified atom stereocenters. The van der Waals surface area contributed by atoms with E-state index in [0.717, 1.165) is 22.3 Å². The average molecular weight is 307 g/mol. The first-order valence-corrected chi connectivity index (χ1v) is 7.34. The zero-order valence-electron chi connectivity index (χ0n) is 12.7. The molecular weight excluding hydrogens is 290 g/mol. The van der Waals surface area contributed by atoms with Gasteiger partial charge in [-0.2, -0.15) is 0 Å². The molecule has 0 radical (unpaired) electrons. The first-order chi connectivity index (χ1) is 11.1. The monoisotopic (exact) mass is 307 g/mol. The van der Waals surface area contributed by atoms with Gasteiger partial charge in [0.15, 0.2) is 0 Å². The maximum Gasteiger partial charge on any atom is 0.253 e. The average Bonchev–Trinajstić information content (AvgIpc) is 2.54. The van der Waals surface area contributed by atoms with Crippen LogP contribution < -0.4 is 16.2 Å². The number of H-pyrrole nitrogens is 1. The number of para-hydroxylation sites is 1. The van der Waals surface area contributed by atoms with E-state index in [2.05, 4.69) is 15.6 Å². The Morgan fingerprint density at radius 3 is 2.48 bits per heavy atom. The van der Waals surface area contributed by atoms with Gasteiger partial charge >= 0.3 is 0 Å². The van der Waals surface area contributed by atoms with Crippen molar-refractivity contribution in [2.24, 2.45) is 0 Å². The summed E-state index contributed by atoms with van der Waals surface area (Å²) in [5.74, 6) is -0.103. The van der Waals surface area contributed by atoms with E-state index in [4.69, 9.17) is 0 Å². The minimum absolute atomic E-state index is 0.0916. The van der Waals surface area contributed by atoms with Gasteiger partial charge < -0.3 is 15.6 Å². The third kappa shape index (κ3) is 3.58. The lowest BCUT2D eigenvalue weighted by Gasteiger charge is -2.08. The Bertz CT molecular complexity index is 898. The van der Waals surface area contributed by atoms with Crippen LogP contribution in [0.2, 0.25) is 0 Å². The van der Waals surface area contributed by atoms with Crippen LogP contribution in [-0.2, 0) is 11.3 Å². The lowest BCUT2D eigenvalue weighted by atomic mass is 10.1. The number of anilines is 2. The van der Waals surface area contributed by atoms with E-state index in [-0.39, 0.29) is 11.5 Å². The van der Waals surface area contributed by atoms with Crippen LogP contribution in [0.5, 0.6) is 0 Å². The van der Waals surface area contributed by atoms with E-state index in [1.165, 1.54) is 6.92 Å². The van der Waals surface area contributed by atoms with Crippen molar-refractivity contribution in [2.75, 3.05) is 10.6 Å². The number of benzene rings is 2. The molecule has 0 fully saturated rings. The smallest absolute Gasteiger partial charge is 0.253 e. The SMILES string of the molecule is CC(=O)Nc1ccc(NCc2cc3ccccc3[nH]c2=O)cc1. The van der Waals surface area contributed by atoms with Gasteiger partial charge in [-0.05, 0) is 41.8 Å². The highest BCUT2D eigenvalue weighted by Gasteiger charge is 2.03. The summed E-state index contributed by atoms with van der Waals surface area (Å²) in [6.45, 7) is 1.90. The summed E-state index contributed by atoms with van der Waals surface area (Å²) in [4.78, 5) is 26.0. The van der Waals surface area contributed by atoms with Gasteiger partial charge in [-0.1, -0.05) is 18.2 Å². The maximum atomic E-state index is 12.1. The topological polar surface area (TPSA) is 74.0 Å². The highest BCUT2D eigenvalue weighted by Crippen LogP contribution is 2.15. The standard InChI is InChI=1S/C18H17N3O2/c1-12(22)20-16-8-6-15(7-9-16)19-11-14-10-13-4-2-3-5-17(13)21-18(14)23/h2-10,19H,11H2,1H3,(H,20,22)(H,21,23). The number of pyridine rings is 1. The van der Waals surface area contributed by atoms with Gasteiger partial charge in [-0.15, -0.1) is 0 Å². The van der Waals surface area contributed by atoms with Crippen LogP contribution in [0.3, 0.4) is 0 Å². The van der Waals surface area contributed by atoms with Gasteiger partial charge in [0, 0.05) is 35.9 Å². The highest BCUT2D eigenvalue weighted by molar-refractivity contribution is 5.88. The second-order valence-electron chi connectivity index (χ2n) is 5.32. The van der Waals surface area contributed by atoms with Crippen LogP contribution >= 0.6 is 0 Å². The quantitative estimate of drug-likeness (QED) is 0.693. The zero-order valence-corrected chi connectivity index (χ0v) is 12.7. The van der Waals surface area contributed by atoms with Gasteiger partial charge in [0.1, 0.15) is 0 Å². The lowest BCUT2D eigenvalue weighted by Crippen LogP contribution is -2.15. The molecule has 5 heteroatoms. The highest BCUT2D eigenvalue weighted by atomic mass is 16.1. The molecule has 0 atom stereocenters. The second kappa shape index (κ2) is 6.36. The molecule has 3 aromatic rings. The molecule has 0 saturated heterocycles. The molecule has 3 N–H and O–H groups in total. The van der Waals surface area contributed by atoms with E-state index < -0.39 is 0 Å². The first kappa shape index (κ1) is 14.8. The van der Waals surface area contributed by atoms with Crippen molar-refractivity contribution in [1.82, 2.24) is 4.98 Å². The Morgan fingerprint density at radius 2 is 1.74 bits per heavy atom. The minimum atomic E-state index is -0.103. The number of amides is 1. The van der Waals surface area contributed by atoms with Crippen LogP contribution in [0.4, 0.5) is 11.4 Å². The summed E-state index contributed by atoms with van der Waals surface area (Å²) in [6.07, 6.45) is 0. The number of carbonyl (C=O) groups is 1. The van der Waals surface area contributed by atoms with Crippen molar-refractivity contribution in [3.63, 3.8) is 0 Å². The van der Waals surface area contributed by atoms with E-state index in [1.54, 1.807) is 0 Å². The van der Waals surface area contributed by atoms with Crippen molar-refractivity contribution in [1.29, 1.82) is 0 Å². The van der Waals surface area contributed by atoms with Crippen molar-refractivity contribution >= 4 is 28.2 Å². The van der Waals surface area contributed by atoms with Gasteiger partial charge in [-0.3, -0.25) is 9.59 Å². The molecule has 0 aliphatic carbocycles. The van der Waals surface area contributed by atoms with E-state index in [1.807, 2.05) is 54.6 Å². The third-order valence-electron chi connectivity index (χ3n) is 3.52. The number of aromatic amines is 1. The van der Waals surface area contributed by atoms with Crippen LogP contribution in [0.1, 0.15) is 12.5 Å². The van der Waals surface area contributed by atoms with Gasteiger partial charge in [0.2, 0.25) is 5.91 Å². The molecule has 23 heavy (non-hydrogen) atoms. The number of hydrogen-bond donors (Lipinski definition) is 3. The van der Waals surface area contributed by atoms with Crippen LogP contribution in [0, 0.1) is 0 Å². The fourth-order valence-electron chi connectivity index (χ4n) is 2.40. The molecule has 0 spiro atoms. The van der Waals surface area contributed by atoms with Gasteiger partial charge in [-0.25, -0.2) is 0 Å². The number of fused-ring (bicyclic) bond motifs is 1. The van der Waals surface area contributed by atoms with E-state index in [0.29, 0.717) is 12.1 Å². The Hall–Kier alpha value is -3.08. The molecule has 0 aliphatic heterocycles. The molecule has 0 bridgehead atoms. The minimum Gasteiger partial charge on any atom is -0.381 e. The summed E-state index contributed by atoms with van der Waals surface area (Å²) in [5.41, 5.74) is 3.04. The number of carbonyl (C=O) groups excluding carboxylic acids is 1. The molecule has 2 aromatic carbocycles. The molecule has 0 saturated carbocycles. The Labute approximate surface area is 133 Å². The van der Waals surface area contributed by atoms with Crippen molar-refractivity contribution < 1.29 is 4.79 Å². The molecular formula is C18H17N3O2. The number of aromatic nitrogens is 1. The lowest BCUT2D eigenvalue weighted by molar-refractivity contribution is -0.114. The second-order valence-corrected chi connectivity index (χ2v) is 5.32. The molecule has 1 heterocycles. The molecule has 1 amide bonds. The number of hydrogen-bond acceptors (Lipinski definition) is 3. The van der Waals surface area contributed by atoms with Crippen LogP contribution in [0.25, 0.3) is 10.9 Å². The Kier molecular flexibility index (Phi) is 4.10. The normalized spacial score (nSPS) is 10.5. The summed E-state index contributed by atoms with van der Waals surface area (Å²) in [7, 11) is 0. The van der Waals surface area contributed by atoms with Crippen LogP contribution in [-0.4, -0.2) is 10.9 Å². The third-order valence-corrected chi connectivity index (χ3v) is 3.52. The zero-order chi connectivity index (χ0) is 16.2. The van der Waals surface area contributed by atoms with Gasteiger partial charge in [0.25, 0.3) is 5.56 Å². The largest absolute Gasteiger partial charge is 0.381 e. The predicted octanol–water partition coefficient (Wildman–Crippen LogP) is 3.10. The fourth-order valence-corrected chi connectivity index (χ4v) is 2.40. The van der Waals surface area contributed by atoms with Crippen molar-refractivity contribution in [3.8, 4) is 0 Å². The molecule has 1 aromatic heterocycles. The van der Waals surface area contributed by atoms with Crippen molar-refractivity contribution in [3.05, 3.63) is 70.5 Å². The summed E-state index contributed by atoms with van der Waals surface area (Å²) >= 11 is 0.